The molecule has 2 aromatic carbocycles. The van der Waals surface area contributed by atoms with Gasteiger partial charge < -0.3 is 5.32 Å². The number of hydrogen-bond donors (Lipinski definition) is 1. The SMILES string of the molecule is O=C(/C=C/c1cccc(Cl)c1)NCc1ccccc1Cl. The Bertz CT molecular complexity index is 638. The van der Waals surface area contributed by atoms with Gasteiger partial charge in [-0.25, -0.2) is 0 Å². The van der Waals surface area contributed by atoms with E-state index in [1.165, 1.54) is 6.08 Å². The minimum absolute atomic E-state index is 0.176. The average Bonchev–Trinajstić information content (AvgIpc) is 2.44. The predicted octanol–water partition coefficient (Wildman–Crippen LogP) is 4.32. The van der Waals surface area contributed by atoms with Gasteiger partial charge in [0, 0.05) is 22.7 Å². The molecular formula is C16H13Cl2NO. The zero-order valence-electron chi connectivity index (χ0n) is 10.6. The van der Waals surface area contributed by atoms with E-state index >= 15 is 0 Å². The highest BCUT2D eigenvalue weighted by atomic mass is 35.5. The first kappa shape index (κ1) is 14.6. The third kappa shape index (κ3) is 4.41. The Morgan fingerprint density at radius 3 is 2.65 bits per heavy atom. The van der Waals surface area contributed by atoms with Crippen molar-refractivity contribution in [3.05, 3.63) is 75.8 Å². The van der Waals surface area contributed by atoms with Gasteiger partial charge in [0.1, 0.15) is 0 Å². The van der Waals surface area contributed by atoms with Crippen LogP contribution in [0.4, 0.5) is 0 Å². The zero-order valence-corrected chi connectivity index (χ0v) is 12.2. The zero-order chi connectivity index (χ0) is 14.4. The summed E-state index contributed by atoms with van der Waals surface area (Å²) in [5.41, 5.74) is 1.77. The first-order valence-corrected chi connectivity index (χ1v) is 6.85. The van der Waals surface area contributed by atoms with Crippen LogP contribution in [0.1, 0.15) is 11.1 Å². The molecule has 0 atom stereocenters. The number of rotatable bonds is 4. The van der Waals surface area contributed by atoms with E-state index in [2.05, 4.69) is 5.32 Å². The summed E-state index contributed by atoms with van der Waals surface area (Å²) >= 11 is 11.9. The van der Waals surface area contributed by atoms with E-state index in [1.54, 1.807) is 24.3 Å². The molecule has 0 aliphatic rings. The van der Waals surface area contributed by atoms with E-state index in [0.29, 0.717) is 16.6 Å². The lowest BCUT2D eigenvalue weighted by molar-refractivity contribution is -0.116. The Balaban J connectivity index is 1.91. The lowest BCUT2D eigenvalue weighted by Gasteiger charge is -2.04. The molecule has 0 saturated heterocycles. The van der Waals surface area contributed by atoms with Gasteiger partial charge in [-0.2, -0.15) is 0 Å². The van der Waals surface area contributed by atoms with Gasteiger partial charge in [-0.1, -0.05) is 53.5 Å². The van der Waals surface area contributed by atoms with Gasteiger partial charge in [0.05, 0.1) is 0 Å². The molecule has 2 rings (SSSR count). The molecule has 0 unspecified atom stereocenters. The quantitative estimate of drug-likeness (QED) is 0.837. The van der Waals surface area contributed by atoms with Crippen molar-refractivity contribution in [3.63, 3.8) is 0 Å². The summed E-state index contributed by atoms with van der Waals surface area (Å²) in [7, 11) is 0. The monoisotopic (exact) mass is 305 g/mol. The fourth-order valence-electron chi connectivity index (χ4n) is 1.67. The molecule has 0 radical (unpaired) electrons. The van der Waals surface area contributed by atoms with E-state index in [1.807, 2.05) is 30.3 Å². The van der Waals surface area contributed by atoms with Crippen molar-refractivity contribution in [3.8, 4) is 0 Å². The largest absolute Gasteiger partial charge is 0.348 e. The second-order valence-corrected chi connectivity index (χ2v) is 5.04. The third-order valence-corrected chi connectivity index (χ3v) is 3.29. The normalized spacial score (nSPS) is 10.7. The predicted molar refractivity (Wildman–Crippen MR) is 83.8 cm³/mol. The van der Waals surface area contributed by atoms with Gasteiger partial charge in [-0.15, -0.1) is 0 Å². The fraction of sp³-hybridized carbons (Fsp3) is 0.0625. The molecule has 0 aliphatic heterocycles. The molecule has 1 amide bonds. The van der Waals surface area contributed by atoms with Gasteiger partial charge >= 0.3 is 0 Å². The van der Waals surface area contributed by atoms with Crippen LogP contribution in [0.3, 0.4) is 0 Å². The summed E-state index contributed by atoms with van der Waals surface area (Å²) in [5.74, 6) is -0.176. The summed E-state index contributed by atoms with van der Waals surface area (Å²) in [4.78, 5) is 11.7. The molecule has 0 heterocycles. The van der Waals surface area contributed by atoms with Gasteiger partial charge in [-0.05, 0) is 35.4 Å². The molecule has 0 spiro atoms. The van der Waals surface area contributed by atoms with Crippen molar-refractivity contribution < 1.29 is 4.79 Å². The van der Waals surface area contributed by atoms with Crippen molar-refractivity contribution >= 4 is 35.2 Å². The van der Waals surface area contributed by atoms with Crippen LogP contribution >= 0.6 is 23.2 Å². The molecule has 4 heteroatoms. The van der Waals surface area contributed by atoms with Gasteiger partial charge in [0.15, 0.2) is 0 Å². The molecule has 20 heavy (non-hydrogen) atoms. The minimum Gasteiger partial charge on any atom is -0.348 e. The molecule has 2 nitrogen and oxygen atoms in total. The Hall–Kier alpha value is -1.77. The number of carbonyl (C=O) groups excluding carboxylic acids is 1. The standard InChI is InChI=1S/C16H13Cl2NO/c17-14-6-3-4-12(10-14)8-9-16(20)19-11-13-5-1-2-7-15(13)18/h1-10H,11H2,(H,19,20)/b9-8+. The van der Waals surface area contributed by atoms with Crippen LogP contribution in [0.25, 0.3) is 6.08 Å². The van der Waals surface area contributed by atoms with Crippen LogP contribution < -0.4 is 5.32 Å². The van der Waals surface area contributed by atoms with E-state index < -0.39 is 0 Å². The smallest absolute Gasteiger partial charge is 0.244 e. The van der Waals surface area contributed by atoms with Crippen LogP contribution in [0.2, 0.25) is 10.0 Å². The van der Waals surface area contributed by atoms with Crippen molar-refractivity contribution in [1.82, 2.24) is 5.32 Å². The van der Waals surface area contributed by atoms with E-state index in [4.69, 9.17) is 23.2 Å². The molecule has 0 aromatic heterocycles. The molecule has 0 aliphatic carbocycles. The van der Waals surface area contributed by atoms with E-state index in [0.717, 1.165) is 11.1 Å². The van der Waals surface area contributed by atoms with Crippen LogP contribution in [0.5, 0.6) is 0 Å². The van der Waals surface area contributed by atoms with E-state index in [-0.39, 0.29) is 5.91 Å². The second-order valence-electron chi connectivity index (χ2n) is 4.20. The van der Waals surface area contributed by atoms with Gasteiger partial charge in [0.25, 0.3) is 0 Å². The summed E-state index contributed by atoms with van der Waals surface area (Å²) in [5, 5.41) is 4.07. The van der Waals surface area contributed by atoms with Crippen LogP contribution in [-0.2, 0) is 11.3 Å². The first-order chi connectivity index (χ1) is 9.65. The Morgan fingerprint density at radius 1 is 1.10 bits per heavy atom. The molecule has 0 saturated carbocycles. The summed E-state index contributed by atoms with van der Waals surface area (Å²) in [6.07, 6.45) is 3.19. The minimum atomic E-state index is -0.176. The second kappa shape index (κ2) is 7.13. The number of hydrogen-bond acceptors (Lipinski definition) is 1. The highest BCUT2D eigenvalue weighted by Gasteiger charge is 2.00. The lowest BCUT2D eigenvalue weighted by atomic mass is 10.2. The molecular weight excluding hydrogens is 293 g/mol. The fourth-order valence-corrected chi connectivity index (χ4v) is 2.07. The Labute approximate surface area is 128 Å². The van der Waals surface area contributed by atoms with Gasteiger partial charge in [-0.3, -0.25) is 4.79 Å². The topological polar surface area (TPSA) is 29.1 Å². The maximum absolute atomic E-state index is 11.7. The summed E-state index contributed by atoms with van der Waals surface area (Å²) < 4.78 is 0. The number of halogens is 2. The van der Waals surface area contributed by atoms with Crippen LogP contribution in [0, 0.1) is 0 Å². The summed E-state index contributed by atoms with van der Waals surface area (Å²) in [6, 6.07) is 14.7. The molecule has 1 N–H and O–H groups in total. The highest BCUT2D eigenvalue weighted by Crippen LogP contribution is 2.14. The highest BCUT2D eigenvalue weighted by molar-refractivity contribution is 6.31. The summed E-state index contributed by atoms with van der Waals surface area (Å²) in [6.45, 7) is 0.401. The number of nitrogens with one attached hydrogen (secondary N) is 1. The Morgan fingerprint density at radius 2 is 1.90 bits per heavy atom. The maximum Gasteiger partial charge on any atom is 0.244 e. The number of carbonyl (C=O) groups is 1. The first-order valence-electron chi connectivity index (χ1n) is 6.10. The Kier molecular flexibility index (Phi) is 5.22. The van der Waals surface area contributed by atoms with Crippen LogP contribution in [0.15, 0.2) is 54.6 Å². The van der Waals surface area contributed by atoms with Crippen molar-refractivity contribution in [2.75, 3.05) is 0 Å². The molecule has 2 aromatic rings. The third-order valence-electron chi connectivity index (χ3n) is 2.69. The maximum atomic E-state index is 11.7. The number of benzene rings is 2. The molecule has 0 fully saturated rings. The number of amides is 1. The average molecular weight is 306 g/mol. The van der Waals surface area contributed by atoms with E-state index in [9.17, 15) is 4.79 Å². The lowest BCUT2D eigenvalue weighted by Crippen LogP contribution is -2.20. The van der Waals surface area contributed by atoms with Crippen molar-refractivity contribution in [2.45, 2.75) is 6.54 Å². The van der Waals surface area contributed by atoms with Crippen molar-refractivity contribution in [1.29, 1.82) is 0 Å². The van der Waals surface area contributed by atoms with Crippen LogP contribution in [-0.4, -0.2) is 5.91 Å². The van der Waals surface area contributed by atoms with Crippen molar-refractivity contribution in [2.24, 2.45) is 0 Å². The molecule has 102 valence electrons. The molecule has 0 bridgehead atoms. The van der Waals surface area contributed by atoms with Gasteiger partial charge in [0.2, 0.25) is 5.91 Å².